The zero-order chi connectivity index (χ0) is 18.0. The van der Waals surface area contributed by atoms with E-state index in [0.29, 0.717) is 17.0 Å². The molecule has 1 atom stereocenters. The van der Waals surface area contributed by atoms with Crippen molar-refractivity contribution in [2.75, 3.05) is 6.61 Å². The van der Waals surface area contributed by atoms with Crippen LogP contribution in [0.5, 0.6) is 0 Å². The summed E-state index contributed by atoms with van der Waals surface area (Å²) in [5.74, 6) is -2.60. The Bertz CT molecular complexity index is 768. The highest BCUT2D eigenvalue weighted by molar-refractivity contribution is 6.42. The summed E-state index contributed by atoms with van der Waals surface area (Å²) in [5.41, 5.74) is 1.66. The number of dihydropyridines is 1. The molecule has 0 spiro atoms. The van der Waals surface area contributed by atoms with Gasteiger partial charge in [-0.3, -0.25) is 0 Å². The number of nitrogens with one attached hydrogen (secondary N) is 1. The Balaban J connectivity index is 2.73. The van der Waals surface area contributed by atoms with Gasteiger partial charge in [-0.25, -0.2) is 9.59 Å². The smallest absolute Gasteiger partial charge is 0.336 e. The minimum absolute atomic E-state index is 0.0350. The zero-order valence-corrected chi connectivity index (χ0v) is 15.0. The van der Waals surface area contributed by atoms with E-state index in [-0.39, 0.29) is 27.8 Å². The minimum atomic E-state index is -1.14. The van der Waals surface area contributed by atoms with Crippen molar-refractivity contribution in [3.63, 3.8) is 0 Å². The normalized spacial score (nSPS) is 17.6. The molecular weight excluding hydrogens is 353 g/mol. The first-order valence-corrected chi connectivity index (χ1v) is 8.08. The molecule has 1 aromatic rings. The summed E-state index contributed by atoms with van der Waals surface area (Å²) in [4.78, 5) is 24.3. The van der Waals surface area contributed by atoms with Gasteiger partial charge < -0.3 is 15.2 Å². The van der Waals surface area contributed by atoms with Gasteiger partial charge >= 0.3 is 11.9 Å². The lowest BCUT2D eigenvalue weighted by atomic mass is 9.80. The summed E-state index contributed by atoms with van der Waals surface area (Å²) in [6.45, 7) is 5.20. The molecule has 0 saturated carbocycles. The second-order valence-electron chi connectivity index (χ2n) is 5.30. The molecule has 2 N–H and O–H groups in total. The summed E-state index contributed by atoms with van der Waals surface area (Å²) < 4.78 is 5.11. The number of carbonyl (C=O) groups is 2. The summed E-state index contributed by atoms with van der Waals surface area (Å²) in [6, 6.07) is 4.93. The number of carboxylic acids is 1. The van der Waals surface area contributed by atoms with Gasteiger partial charge in [-0.05, 0) is 32.4 Å². The van der Waals surface area contributed by atoms with Gasteiger partial charge in [0.2, 0.25) is 0 Å². The molecule has 1 aliphatic rings. The van der Waals surface area contributed by atoms with Gasteiger partial charge in [0, 0.05) is 11.4 Å². The molecule has 0 radical (unpaired) electrons. The second kappa shape index (κ2) is 7.28. The number of carbonyl (C=O) groups excluding carboxylic acids is 1. The Morgan fingerprint density at radius 3 is 2.42 bits per heavy atom. The summed E-state index contributed by atoms with van der Waals surface area (Å²) in [6.07, 6.45) is 0. The lowest BCUT2D eigenvalue weighted by Crippen LogP contribution is -2.32. The number of carboxylic acid groups (broad SMARTS) is 1. The van der Waals surface area contributed by atoms with Crippen LogP contribution in [-0.4, -0.2) is 23.7 Å². The predicted molar refractivity (Wildman–Crippen MR) is 92.0 cm³/mol. The average Bonchev–Trinajstić information content (AvgIpc) is 2.49. The fraction of sp³-hybridized carbons (Fsp3) is 0.294. The highest BCUT2D eigenvalue weighted by Crippen LogP contribution is 2.43. The van der Waals surface area contributed by atoms with Gasteiger partial charge in [-0.2, -0.15) is 0 Å². The predicted octanol–water partition coefficient (Wildman–Crippen LogP) is 3.88. The second-order valence-corrected chi connectivity index (χ2v) is 6.09. The molecule has 1 heterocycles. The largest absolute Gasteiger partial charge is 0.478 e. The third-order valence-electron chi connectivity index (χ3n) is 3.78. The number of benzene rings is 1. The van der Waals surface area contributed by atoms with Crippen LogP contribution < -0.4 is 5.32 Å². The Morgan fingerprint density at radius 1 is 1.21 bits per heavy atom. The maximum Gasteiger partial charge on any atom is 0.336 e. The number of rotatable bonds is 4. The molecule has 0 bridgehead atoms. The Kier molecular flexibility index (Phi) is 5.57. The van der Waals surface area contributed by atoms with Crippen LogP contribution >= 0.6 is 23.2 Å². The molecule has 24 heavy (non-hydrogen) atoms. The minimum Gasteiger partial charge on any atom is -0.478 e. The van der Waals surface area contributed by atoms with E-state index in [4.69, 9.17) is 27.9 Å². The van der Waals surface area contributed by atoms with Crippen molar-refractivity contribution >= 4 is 35.1 Å². The van der Waals surface area contributed by atoms with Crippen LogP contribution in [-0.2, 0) is 14.3 Å². The van der Waals surface area contributed by atoms with Gasteiger partial charge in [-0.15, -0.1) is 0 Å². The number of aliphatic carboxylic acids is 1. The van der Waals surface area contributed by atoms with Crippen LogP contribution in [0.25, 0.3) is 0 Å². The van der Waals surface area contributed by atoms with Crippen LogP contribution in [0, 0.1) is 0 Å². The highest BCUT2D eigenvalue weighted by atomic mass is 35.5. The van der Waals surface area contributed by atoms with Crippen molar-refractivity contribution in [1.29, 1.82) is 0 Å². The van der Waals surface area contributed by atoms with Crippen molar-refractivity contribution in [3.8, 4) is 0 Å². The topological polar surface area (TPSA) is 75.6 Å². The molecule has 0 aliphatic carbocycles. The van der Waals surface area contributed by atoms with Gasteiger partial charge in [0.1, 0.15) is 0 Å². The van der Waals surface area contributed by atoms with Gasteiger partial charge in [-0.1, -0.05) is 35.3 Å². The number of halogens is 2. The molecular formula is C17H17Cl2NO4. The zero-order valence-electron chi connectivity index (χ0n) is 13.4. The number of ether oxygens (including phenoxy) is 1. The van der Waals surface area contributed by atoms with E-state index < -0.39 is 17.9 Å². The Morgan fingerprint density at radius 2 is 1.83 bits per heavy atom. The quantitative estimate of drug-likeness (QED) is 0.787. The van der Waals surface area contributed by atoms with Crippen molar-refractivity contribution in [2.24, 2.45) is 0 Å². The first-order valence-electron chi connectivity index (χ1n) is 7.32. The first-order chi connectivity index (χ1) is 11.3. The van der Waals surface area contributed by atoms with E-state index in [2.05, 4.69) is 5.32 Å². The number of allylic oxidation sites excluding steroid dienone is 2. The SMILES string of the molecule is CCOC(=O)C1=C(C)NC(C)=C(C(=O)O)[C@H]1c1cccc(Cl)c1Cl. The Labute approximate surface area is 149 Å². The van der Waals surface area contributed by atoms with E-state index in [1.165, 1.54) is 0 Å². The summed E-state index contributed by atoms with van der Waals surface area (Å²) in [5, 5.41) is 13.1. The molecule has 1 aliphatic heterocycles. The molecule has 0 fully saturated rings. The van der Waals surface area contributed by atoms with Crippen molar-refractivity contribution in [1.82, 2.24) is 5.32 Å². The molecule has 0 amide bonds. The monoisotopic (exact) mass is 369 g/mol. The average molecular weight is 370 g/mol. The molecule has 0 saturated heterocycles. The Hall–Kier alpha value is -1.98. The van der Waals surface area contributed by atoms with Crippen molar-refractivity contribution in [3.05, 3.63) is 56.3 Å². The van der Waals surface area contributed by atoms with Crippen LogP contribution in [0.4, 0.5) is 0 Å². The number of hydrogen-bond acceptors (Lipinski definition) is 4. The van der Waals surface area contributed by atoms with Crippen LogP contribution in [0.15, 0.2) is 40.7 Å². The third kappa shape index (κ3) is 3.28. The van der Waals surface area contributed by atoms with Crippen molar-refractivity contribution in [2.45, 2.75) is 26.7 Å². The van der Waals surface area contributed by atoms with Crippen molar-refractivity contribution < 1.29 is 19.4 Å². The van der Waals surface area contributed by atoms with Gasteiger partial charge in [0.05, 0.1) is 33.7 Å². The lowest BCUT2D eigenvalue weighted by Gasteiger charge is -2.30. The molecule has 0 unspecified atom stereocenters. The summed E-state index contributed by atoms with van der Waals surface area (Å²) >= 11 is 12.4. The molecule has 5 nitrogen and oxygen atoms in total. The third-order valence-corrected chi connectivity index (χ3v) is 4.61. The fourth-order valence-electron chi connectivity index (χ4n) is 2.81. The number of hydrogen-bond donors (Lipinski definition) is 2. The van der Waals surface area contributed by atoms with Gasteiger partial charge in [0.25, 0.3) is 0 Å². The first kappa shape index (κ1) is 18.4. The van der Waals surface area contributed by atoms with Crippen LogP contribution in [0.3, 0.4) is 0 Å². The maximum atomic E-state index is 12.5. The summed E-state index contributed by atoms with van der Waals surface area (Å²) in [7, 11) is 0. The van der Waals surface area contributed by atoms with E-state index in [9.17, 15) is 14.7 Å². The van der Waals surface area contributed by atoms with Crippen LogP contribution in [0.1, 0.15) is 32.3 Å². The molecule has 2 rings (SSSR count). The number of esters is 1. The van der Waals surface area contributed by atoms with Crippen LogP contribution in [0.2, 0.25) is 10.0 Å². The standard InChI is InChI=1S/C17H17Cl2NO4/c1-4-24-17(23)13-9(3)20-8(2)12(16(21)22)14(13)10-6-5-7-11(18)15(10)19/h5-7,14,20H,4H2,1-3H3,(H,21,22)/t14-/m1/s1. The molecule has 0 aromatic heterocycles. The lowest BCUT2D eigenvalue weighted by molar-refractivity contribution is -0.138. The highest BCUT2D eigenvalue weighted by Gasteiger charge is 2.38. The maximum absolute atomic E-state index is 12.5. The van der Waals surface area contributed by atoms with E-state index in [0.717, 1.165) is 0 Å². The van der Waals surface area contributed by atoms with E-state index in [1.807, 2.05) is 0 Å². The molecule has 1 aromatic carbocycles. The molecule has 128 valence electrons. The van der Waals surface area contributed by atoms with Gasteiger partial charge in [0.15, 0.2) is 0 Å². The van der Waals surface area contributed by atoms with E-state index >= 15 is 0 Å². The van der Waals surface area contributed by atoms with E-state index in [1.54, 1.807) is 39.0 Å². The fourth-order valence-corrected chi connectivity index (χ4v) is 3.23. The molecule has 7 heteroatoms.